The number of nitrogens with zero attached hydrogens (tertiary/aromatic N) is 3. The van der Waals surface area contributed by atoms with Gasteiger partial charge in [-0.3, -0.25) is 19.5 Å². The molecule has 2 aliphatic heterocycles. The monoisotopic (exact) mass is 400 g/mol. The lowest BCUT2D eigenvalue weighted by Crippen LogP contribution is -2.55. The van der Waals surface area contributed by atoms with Gasteiger partial charge in [0, 0.05) is 69.8 Å². The van der Waals surface area contributed by atoms with Crippen molar-refractivity contribution in [1.82, 2.24) is 20.1 Å². The number of ether oxygens (including phenoxy) is 1. The molecule has 1 aliphatic carbocycles. The van der Waals surface area contributed by atoms with Crippen LogP contribution in [0.2, 0.25) is 0 Å². The number of carbonyl (C=O) groups is 2. The molecule has 1 aromatic rings. The van der Waals surface area contributed by atoms with Crippen LogP contribution in [0.25, 0.3) is 0 Å². The third-order valence-electron chi connectivity index (χ3n) is 6.34. The Hall–Kier alpha value is -1.99. The van der Waals surface area contributed by atoms with Gasteiger partial charge in [-0.25, -0.2) is 0 Å². The van der Waals surface area contributed by atoms with E-state index in [0.29, 0.717) is 30.1 Å². The summed E-state index contributed by atoms with van der Waals surface area (Å²) in [6, 6.07) is 4.38. The van der Waals surface area contributed by atoms with Crippen molar-refractivity contribution in [1.29, 1.82) is 0 Å². The number of carbonyl (C=O) groups excluding carboxylic acids is 2. The van der Waals surface area contributed by atoms with E-state index in [4.69, 9.17) is 4.74 Å². The zero-order valence-corrected chi connectivity index (χ0v) is 17.1. The number of pyridine rings is 1. The summed E-state index contributed by atoms with van der Waals surface area (Å²) in [7, 11) is 0. The zero-order chi connectivity index (χ0) is 20.1. The molecule has 4 rings (SSSR count). The topological polar surface area (TPSA) is 74.8 Å². The van der Waals surface area contributed by atoms with Crippen molar-refractivity contribution in [2.24, 2.45) is 5.92 Å². The molecule has 1 atom stereocenters. The van der Waals surface area contributed by atoms with E-state index >= 15 is 0 Å². The highest BCUT2D eigenvalue weighted by Crippen LogP contribution is 2.32. The lowest BCUT2D eigenvalue weighted by molar-refractivity contribution is -0.135. The summed E-state index contributed by atoms with van der Waals surface area (Å²) in [4.78, 5) is 33.6. The molecule has 3 aliphatic rings. The first-order chi connectivity index (χ1) is 14.2. The quantitative estimate of drug-likeness (QED) is 0.754. The zero-order valence-electron chi connectivity index (χ0n) is 17.1. The molecule has 0 radical (unpaired) electrons. The third kappa shape index (κ3) is 5.34. The SMILES string of the molecule is O=C(NCCN(C1CCOCC1)C1CCCN(C(=O)C2CC2)C1)c1cccnc1. The van der Waals surface area contributed by atoms with Gasteiger partial charge in [0.25, 0.3) is 5.91 Å². The molecule has 1 N–H and O–H groups in total. The van der Waals surface area contributed by atoms with Crippen LogP contribution in [0.15, 0.2) is 24.5 Å². The van der Waals surface area contributed by atoms with Crippen molar-refractivity contribution in [2.45, 2.75) is 50.6 Å². The lowest BCUT2D eigenvalue weighted by atomic mass is 9.98. The minimum absolute atomic E-state index is 0.0841. The largest absolute Gasteiger partial charge is 0.381 e. The highest BCUT2D eigenvalue weighted by molar-refractivity contribution is 5.93. The van der Waals surface area contributed by atoms with Crippen LogP contribution in [0, 0.1) is 5.92 Å². The number of hydrogen-bond donors (Lipinski definition) is 1. The van der Waals surface area contributed by atoms with E-state index in [2.05, 4.69) is 20.1 Å². The predicted molar refractivity (Wildman–Crippen MR) is 109 cm³/mol. The molecule has 7 heteroatoms. The number of amides is 2. The molecule has 3 heterocycles. The van der Waals surface area contributed by atoms with Gasteiger partial charge in [0.15, 0.2) is 0 Å². The van der Waals surface area contributed by atoms with Gasteiger partial charge in [-0.15, -0.1) is 0 Å². The smallest absolute Gasteiger partial charge is 0.252 e. The summed E-state index contributed by atoms with van der Waals surface area (Å²) in [5.41, 5.74) is 0.587. The Morgan fingerprint density at radius 2 is 2.00 bits per heavy atom. The second-order valence-corrected chi connectivity index (χ2v) is 8.43. The van der Waals surface area contributed by atoms with Crippen molar-refractivity contribution in [3.63, 3.8) is 0 Å². The first kappa shape index (κ1) is 20.3. The van der Waals surface area contributed by atoms with E-state index in [0.717, 1.165) is 71.4 Å². The van der Waals surface area contributed by atoms with Gasteiger partial charge in [-0.05, 0) is 50.7 Å². The maximum atomic E-state index is 12.6. The lowest BCUT2D eigenvalue weighted by Gasteiger charge is -2.44. The van der Waals surface area contributed by atoms with Gasteiger partial charge >= 0.3 is 0 Å². The summed E-state index contributed by atoms with van der Waals surface area (Å²) in [6.45, 7) is 4.70. The van der Waals surface area contributed by atoms with Crippen molar-refractivity contribution < 1.29 is 14.3 Å². The van der Waals surface area contributed by atoms with Gasteiger partial charge in [0.05, 0.1) is 5.56 Å². The van der Waals surface area contributed by atoms with Crippen LogP contribution >= 0.6 is 0 Å². The van der Waals surface area contributed by atoms with E-state index < -0.39 is 0 Å². The minimum Gasteiger partial charge on any atom is -0.381 e. The van der Waals surface area contributed by atoms with Gasteiger partial charge in [0.1, 0.15) is 0 Å². The Kier molecular flexibility index (Phi) is 6.77. The number of likely N-dealkylation sites (tertiary alicyclic amines) is 1. The molecule has 2 amide bonds. The summed E-state index contributed by atoms with van der Waals surface area (Å²) in [5, 5.41) is 3.04. The molecule has 0 aromatic carbocycles. The van der Waals surface area contributed by atoms with Crippen LogP contribution in [-0.4, -0.2) is 78.1 Å². The number of rotatable bonds is 7. The van der Waals surface area contributed by atoms with Crippen molar-refractivity contribution >= 4 is 11.8 Å². The summed E-state index contributed by atoms with van der Waals surface area (Å²) >= 11 is 0. The Balaban J connectivity index is 1.36. The van der Waals surface area contributed by atoms with Gasteiger partial charge in [-0.1, -0.05) is 0 Å². The Labute approximate surface area is 172 Å². The normalized spacial score (nSPS) is 23.2. The number of nitrogens with one attached hydrogen (secondary N) is 1. The average Bonchev–Trinajstić information content (AvgIpc) is 3.63. The second kappa shape index (κ2) is 9.67. The Morgan fingerprint density at radius 3 is 2.72 bits per heavy atom. The number of hydrogen-bond acceptors (Lipinski definition) is 5. The molecule has 3 fully saturated rings. The van der Waals surface area contributed by atoms with Gasteiger partial charge in [0.2, 0.25) is 5.91 Å². The van der Waals surface area contributed by atoms with Crippen LogP contribution in [0.3, 0.4) is 0 Å². The van der Waals surface area contributed by atoms with Crippen LogP contribution in [-0.2, 0) is 9.53 Å². The summed E-state index contributed by atoms with van der Waals surface area (Å²) < 4.78 is 5.57. The molecule has 1 aromatic heterocycles. The molecule has 7 nitrogen and oxygen atoms in total. The van der Waals surface area contributed by atoms with E-state index in [1.54, 1.807) is 24.5 Å². The fourth-order valence-electron chi connectivity index (χ4n) is 4.59. The number of piperidine rings is 1. The van der Waals surface area contributed by atoms with Gasteiger partial charge in [-0.2, -0.15) is 0 Å². The molecule has 158 valence electrons. The van der Waals surface area contributed by atoms with Crippen molar-refractivity contribution in [3.05, 3.63) is 30.1 Å². The van der Waals surface area contributed by atoms with Crippen LogP contribution in [0.1, 0.15) is 48.9 Å². The van der Waals surface area contributed by atoms with Gasteiger partial charge < -0.3 is 15.0 Å². The fourth-order valence-corrected chi connectivity index (χ4v) is 4.59. The summed E-state index contributed by atoms with van der Waals surface area (Å²) in [5.74, 6) is 0.551. The number of aromatic nitrogens is 1. The Morgan fingerprint density at radius 1 is 1.17 bits per heavy atom. The molecule has 1 unspecified atom stereocenters. The van der Waals surface area contributed by atoms with Crippen LogP contribution < -0.4 is 5.32 Å². The van der Waals surface area contributed by atoms with E-state index in [-0.39, 0.29) is 11.8 Å². The summed E-state index contributed by atoms with van der Waals surface area (Å²) in [6.07, 6.45) is 9.59. The van der Waals surface area contributed by atoms with Crippen LogP contribution in [0.4, 0.5) is 0 Å². The molecule has 0 bridgehead atoms. The van der Waals surface area contributed by atoms with E-state index in [1.807, 2.05) is 0 Å². The maximum absolute atomic E-state index is 12.6. The first-order valence-electron chi connectivity index (χ1n) is 11.0. The van der Waals surface area contributed by atoms with Crippen LogP contribution in [0.5, 0.6) is 0 Å². The molecule has 2 saturated heterocycles. The van der Waals surface area contributed by atoms with Crippen molar-refractivity contribution in [3.8, 4) is 0 Å². The highest BCUT2D eigenvalue weighted by Gasteiger charge is 2.37. The fraction of sp³-hybridized carbons (Fsp3) is 0.682. The van der Waals surface area contributed by atoms with Crippen molar-refractivity contribution in [2.75, 3.05) is 39.4 Å². The standard InChI is InChI=1S/C22H32N4O3/c27-21(18-3-1-9-23-15-18)24-10-12-26(19-7-13-29-14-8-19)20-4-2-11-25(16-20)22(28)17-5-6-17/h1,3,9,15,17,19-20H,2,4-8,10-14,16H2,(H,24,27). The highest BCUT2D eigenvalue weighted by atomic mass is 16.5. The predicted octanol–water partition coefficient (Wildman–Crippen LogP) is 1.69. The molecule has 1 saturated carbocycles. The molecular formula is C22H32N4O3. The van der Waals surface area contributed by atoms with E-state index in [9.17, 15) is 9.59 Å². The minimum atomic E-state index is -0.0841. The maximum Gasteiger partial charge on any atom is 0.252 e. The van der Waals surface area contributed by atoms with E-state index in [1.165, 1.54) is 0 Å². The second-order valence-electron chi connectivity index (χ2n) is 8.43. The molecule has 0 spiro atoms. The molecule has 29 heavy (non-hydrogen) atoms. The molecular weight excluding hydrogens is 368 g/mol. The average molecular weight is 401 g/mol. The Bertz CT molecular complexity index is 689. The third-order valence-corrected chi connectivity index (χ3v) is 6.34. The first-order valence-corrected chi connectivity index (χ1v) is 11.0.